The molecule has 0 saturated heterocycles. The normalized spacial score (nSPS) is 10.4. The van der Waals surface area contributed by atoms with Crippen LogP contribution in [0.4, 0.5) is 5.95 Å². The lowest BCUT2D eigenvalue weighted by Gasteiger charge is -2.08. The molecular formula is C18H15BrN4O2. The van der Waals surface area contributed by atoms with E-state index in [2.05, 4.69) is 36.2 Å². The van der Waals surface area contributed by atoms with Crippen LogP contribution in [0.25, 0.3) is 11.3 Å². The second kappa shape index (κ2) is 7.85. The topological polar surface area (TPSA) is 87.7 Å². The lowest BCUT2D eigenvalue weighted by molar-refractivity contribution is -0.116. The summed E-state index contributed by atoms with van der Waals surface area (Å²) in [6, 6.07) is 13.0. The van der Waals surface area contributed by atoms with Gasteiger partial charge in [0.1, 0.15) is 4.47 Å². The van der Waals surface area contributed by atoms with Gasteiger partial charge in [-0.3, -0.25) is 24.9 Å². The number of carbonyl (C=O) groups is 1. The van der Waals surface area contributed by atoms with E-state index in [0.29, 0.717) is 16.6 Å². The first kappa shape index (κ1) is 17.0. The number of benzene rings is 1. The number of carbonyl (C=O) groups excluding carboxylic acids is 1. The Morgan fingerprint density at radius 1 is 1.16 bits per heavy atom. The number of anilines is 1. The molecule has 2 aromatic heterocycles. The van der Waals surface area contributed by atoms with Crippen LogP contribution in [0.2, 0.25) is 0 Å². The summed E-state index contributed by atoms with van der Waals surface area (Å²) < 4.78 is 0.326. The summed E-state index contributed by atoms with van der Waals surface area (Å²) in [4.78, 5) is 35.1. The average molecular weight is 399 g/mol. The van der Waals surface area contributed by atoms with Crippen molar-refractivity contribution in [3.05, 3.63) is 75.2 Å². The van der Waals surface area contributed by atoms with E-state index in [1.807, 2.05) is 42.5 Å². The Morgan fingerprint density at radius 3 is 2.68 bits per heavy atom. The van der Waals surface area contributed by atoms with Crippen LogP contribution in [-0.2, 0) is 11.2 Å². The first-order valence-electron chi connectivity index (χ1n) is 7.67. The van der Waals surface area contributed by atoms with Crippen molar-refractivity contribution in [1.82, 2.24) is 15.0 Å². The highest BCUT2D eigenvalue weighted by molar-refractivity contribution is 9.10. The van der Waals surface area contributed by atoms with Crippen molar-refractivity contribution in [3.63, 3.8) is 0 Å². The maximum Gasteiger partial charge on any atom is 0.267 e. The lowest BCUT2D eigenvalue weighted by Crippen LogP contribution is -2.19. The van der Waals surface area contributed by atoms with Gasteiger partial charge in [-0.2, -0.15) is 0 Å². The minimum atomic E-state index is -0.351. The molecule has 0 spiro atoms. The molecule has 3 rings (SSSR count). The van der Waals surface area contributed by atoms with Crippen LogP contribution in [-0.4, -0.2) is 20.9 Å². The van der Waals surface area contributed by atoms with Crippen molar-refractivity contribution in [1.29, 1.82) is 0 Å². The number of amides is 1. The van der Waals surface area contributed by atoms with E-state index in [-0.39, 0.29) is 23.8 Å². The molecule has 7 heteroatoms. The van der Waals surface area contributed by atoms with Crippen LogP contribution >= 0.6 is 15.9 Å². The summed E-state index contributed by atoms with van der Waals surface area (Å²) in [5, 5.41) is 2.64. The number of nitrogens with zero attached hydrogens (tertiary/aromatic N) is 2. The van der Waals surface area contributed by atoms with Crippen molar-refractivity contribution in [2.45, 2.75) is 12.8 Å². The summed E-state index contributed by atoms with van der Waals surface area (Å²) in [6.07, 6.45) is 4.24. The number of hydrogen-bond donors (Lipinski definition) is 2. The summed E-state index contributed by atoms with van der Waals surface area (Å²) in [7, 11) is 0. The molecule has 0 saturated carbocycles. The van der Waals surface area contributed by atoms with Crippen LogP contribution in [0, 0.1) is 0 Å². The molecule has 6 nitrogen and oxygen atoms in total. The summed E-state index contributed by atoms with van der Waals surface area (Å²) >= 11 is 3.25. The molecule has 25 heavy (non-hydrogen) atoms. The molecule has 0 atom stereocenters. The first-order valence-corrected chi connectivity index (χ1v) is 8.47. The fourth-order valence-corrected chi connectivity index (χ4v) is 2.72. The van der Waals surface area contributed by atoms with Crippen molar-refractivity contribution in [2.75, 3.05) is 5.32 Å². The molecule has 0 bridgehead atoms. The molecule has 0 aliphatic carbocycles. The Labute approximate surface area is 152 Å². The molecule has 0 aliphatic heterocycles. The Morgan fingerprint density at radius 2 is 1.96 bits per heavy atom. The van der Waals surface area contributed by atoms with E-state index >= 15 is 0 Å². The van der Waals surface area contributed by atoms with Crippen LogP contribution in [0.15, 0.2) is 64.1 Å². The Hall–Kier alpha value is -2.80. The predicted octanol–water partition coefficient (Wildman–Crippen LogP) is 3.17. The SMILES string of the molecule is O=C(CCc1cccnc1)Nc1nc(-c2ccccc2)c(Br)c(=O)[nH]1. The molecule has 0 unspecified atom stereocenters. The van der Waals surface area contributed by atoms with E-state index in [1.165, 1.54) is 0 Å². The number of aromatic nitrogens is 3. The first-order chi connectivity index (χ1) is 12.1. The molecule has 126 valence electrons. The molecular weight excluding hydrogens is 384 g/mol. The van der Waals surface area contributed by atoms with Crippen LogP contribution in [0.1, 0.15) is 12.0 Å². The van der Waals surface area contributed by atoms with Gasteiger partial charge in [-0.05, 0) is 34.0 Å². The van der Waals surface area contributed by atoms with Gasteiger partial charge in [0.05, 0.1) is 5.69 Å². The molecule has 0 radical (unpaired) electrons. The third kappa shape index (κ3) is 4.39. The van der Waals surface area contributed by atoms with Gasteiger partial charge in [-0.1, -0.05) is 36.4 Å². The summed E-state index contributed by atoms with van der Waals surface area (Å²) in [6.45, 7) is 0. The molecule has 2 N–H and O–H groups in total. The van der Waals surface area contributed by atoms with Gasteiger partial charge < -0.3 is 0 Å². The van der Waals surface area contributed by atoms with Crippen molar-refractivity contribution in [3.8, 4) is 11.3 Å². The number of nitrogens with one attached hydrogen (secondary N) is 2. The van der Waals surface area contributed by atoms with Crippen LogP contribution in [0.3, 0.4) is 0 Å². The Kier molecular flexibility index (Phi) is 5.35. The predicted molar refractivity (Wildman–Crippen MR) is 99.2 cm³/mol. The monoisotopic (exact) mass is 398 g/mol. The lowest BCUT2D eigenvalue weighted by atomic mass is 10.1. The van der Waals surface area contributed by atoms with E-state index in [4.69, 9.17) is 0 Å². The zero-order chi connectivity index (χ0) is 17.6. The van der Waals surface area contributed by atoms with Gasteiger partial charge in [0.2, 0.25) is 11.9 Å². The maximum atomic E-state index is 12.1. The third-order valence-corrected chi connectivity index (χ3v) is 4.27. The quantitative estimate of drug-likeness (QED) is 0.690. The van der Waals surface area contributed by atoms with Crippen LogP contribution < -0.4 is 10.9 Å². The van der Waals surface area contributed by atoms with E-state index in [1.54, 1.807) is 12.4 Å². The standard InChI is InChI=1S/C18H15BrN4O2/c19-15-16(13-6-2-1-3-7-13)22-18(23-17(15)25)21-14(24)9-8-12-5-4-10-20-11-12/h1-7,10-11H,8-9H2,(H2,21,22,23,24,25). The van der Waals surface area contributed by atoms with E-state index in [9.17, 15) is 9.59 Å². The second-order valence-corrected chi connectivity index (χ2v) is 6.15. The smallest absolute Gasteiger partial charge is 0.267 e. The zero-order valence-electron chi connectivity index (χ0n) is 13.2. The van der Waals surface area contributed by atoms with Gasteiger partial charge in [-0.25, -0.2) is 4.98 Å². The molecule has 3 aromatic rings. The molecule has 2 heterocycles. The van der Waals surface area contributed by atoms with Gasteiger partial charge in [0, 0.05) is 24.4 Å². The largest absolute Gasteiger partial charge is 0.296 e. The highest BCUT2D eigenvalue weighted by Gasteiger charge is 2.12. The van der Waals surface area contributed by atoms with Crippen LogP contribution in [0.5, 0.6) is 0 Å². The Balaban J connectivity index is 1.75. The highest BCUT2D eigenvalue weighted by atomic mass is 79.9. The maximum absolute atomic E-state index is 12.1. The van der Waals surface area contributed by atoms with Gasteiger partial charge in [0.25, 0.3) is 5.56 Å². The Bertz CT molecular complexity index is 927. The van der Waals surface area contributed by atoms with Crippen molar-refractivity contribution >= 4 is 27.8 Å². The van der Waals surface area contributed by atoms with Gasteiger partial charge >= 0.3 is 0 Å². The number of pyridine rings is 1. The highest BCUT2D eigenvalue weighted by Crippen LogP contribution is 2.23. The number of aryl methyl sites for hydroxylation is 1. The fourth-order valence-electron chi connectivity index (χ4n) is 2.30. The summed E-state index contributed by atoms with van der Waals surface area (Å²) in [5.41, 5.74) is 1.88. The third-order valence-electron chi connectivity index (χ3n) is 3.53. The molecule has 0 aliphatic rings. The van der Waals surface area contributed by atoms with Gasteiger partial charge in [-0.15, -0.1) is 0 Å². The molecule has 0 fully saturated rings. The van der Waals surface area contributed by atoms with Crippen molar-refractivity contribution < 1.29 is 4.79 Å². The average Bonchev–Trinajstić information content (AvgIpc) is 2.64. The van der Waals surface area contributed by atoms with Crippen molar-refractivity contribution in [2.24, 2.45) is 0 Å². The van der Waals surface area contributed by atoms with E-state index in [0.717, 1.165) is 11.1 Å². The van der Waals surface area contributed by atoms with Gasteiger partial charge in [0.15, 0.2) is 0 Å². The number of H-pyrrole nitrogens is 1. The number of aromatic amines is 1. The fraction of sp³-hybridized carbons (Fsp3) is 0.111. The number of rotatable bonds is 5. The number of halogens is 1. The minimum Gasteiger partial charge on any atom is -0.296 e. The minimum absolute atomic E-state index is 0.128. The second-order valence-electron chi connectivity index (χ2n) is 5.35. The summed E-state index contributed by atoms with van der Waals surface area (Å²) in [5.74, 6) is -0.100. The zero-order valence-corrected chi connectivity index (χ0v) is 14.8. The molecule has 1 amide bonds. The molecule has 1 aromatic carbocycles. The van der Waals surface area contributed by atoms with E-state index < -0.39 is 0 Å². The number of hydrogen-bond acceptors (Lipinski definition) is 4.